The summed E-state index contributed by atoms with van der Waals surface area (Å²) in [5.74, 6) is 1.37. The highest BCUT2D eigenvalue weighted by Crippen LogP contribution is 2.45. The highest BCUT2D eigenvalue weighted by molar-refractivity contribution is 6.02. The number of carbonyl (C=O) groups excluding carboxylic acids is 2. The van der Waals surface area contributed by atoms with Crippen LogP contribution in [-0.4, -0.2) is 37.4 Å². The third kappa shape index (κ3) is 1.69. The normalized spacial score (nSPS) is 21.2. The molecule has 2 aliphatic rings. The van der Waals surface area contributed by atoms with Gasteiger partial charge in [-0.25, -0.2) is 0 Å². The Bertz CT molecular complexity index is 567. The van der Waals surface area contributed by atoms with Crippen molar-refractivity contribution in [3.63, 3.8) is 0 Å². The van der Waals surface area contributed by atoms with E-state index in [9.17, 15) is 9.59 Å². The molecule has 5 nitrogen and oxygen atoms in total. The maximum absolute atomic E-state index is 12.4. The lowest BCUT2D eigenvalue weighted by atomic mass is 9.95. The van der Waals surface area contributed by atoms with E-state index >= 15 is 0 Å². The Morgan fingerprint density at radius 2 is 2.00 bits per heavy atom. The number of ketones is 1. The van der Waals surface area contributed by atoms with Gasteiger partial charge < -0.3 is 14.4 Å². The third-order valence-corrected chi connectivity index (χ3v) is 3.82. The van der Waals surface area contributed by atoms with Crippen molar-refractivity contribution in [2.75, 3.05) is 20.8 Å². The van der Waals surface area contributed by atoms with Crippen LogP contribution in [-0.2, 0) is 4.79 Å². The smallest absolute Gasteiger partial charge is 0.255 e. The van der Waals surface area contributed by atoms with Crippen LogP contribution in [0, 0.1) is 0 Å². The molecule has 0 radical (unpaired) electrons. The Morgan fingerprint density at radius 1 is 1.21 bits per heavy atom. The first kappa shape index (κ1) is 12.0. The molecule has 1 atom stereocenters. The number of Topliss-reactive ketones (excluding diaryl/α,β-unsaturated/α-hetero) is 1. The molecule has 0 N–H and O–H groups in total. The first-order chi connectivity index (χ1) is 9.15. The molecule has 0 aromatic heterocycles. The van der Waals surface area contributed by atoms with Gasteiger partial charge in [0, 0.05) is 31.0 Å². The van der Waals surface area contributed by atoms with Gasteiger partial charge in [0.15, 0.2) is 0 Å². The monoisotopic (exact) mass is 261 g/mol. The molecular weight excluding hydrogens is 246 g/mol. The van der Waals surface area contributed by atoms with Crippen LogP contribution < -0.4 is 9.47 Å². The number of amides is 1. The van der Waals surface area contributed by atoms with Gasteiger partial charge in [0.2, 0.25) is 0 Å². The van der Waals surface area contributed by atoms with Gasteiger partial charge in [0.05, 0.1) is 25.8 Å². The van der Waals surface area contributed by atoms with Crippen molar-refractivity contribution in [2.24, 2.45) is 0 Å². The Hall–Kier alpha value is -2.04. The molecule has 0 spiro atoms. The highest BCUT2D eigenvalue weighted by atomic mass is 16.5. The zero-order chi connectivity index (χ0) is 13.6. The van der Waals surface area contributed by atoms with Crippen molar-refractivity contribution in [1.29, 1.82) is 0 Å². The van der Waals surface area contributed by atoms with E-state index < -0.39 is 0 Å². The standard InChI is InChI=1S/C14H15NO4/c1-18-9-6-10-13(12(7-9)19-2)11-5-8(16)3-4-15(11)14(10)17/h6-7,11H,3-5H2,1-2H3. The van der Waals surface area contributed by atoms with E-state index in [0.717, 1.165) is 5.56 Å². The minimum atomic E-state index is -0.176. The summed E-state index contributed by atoms with van der Waals surface area (Å²) in [4.78, 5) is 25.8. The molecule has 1 aromatic carbocycles. The summed E-state index contributed by atoms with van der Waals surface area (Å²) in [7, 11) is 3.12. The average molecular weight is 261 g/mol. The molecule has 1 saturated heterocycles. The number of hydrogen-bond acceptors (Lipinski definition) is 4. The van der Waals surface area contributed by atoms with Gasteiger partial charge in [-0.05, 0) is 6.07 Å². The fraction of sp³-hybridized carbons (Fsp3) is 0.429. The van der Waals surface area contributed by atoms with Crippen molar-refractivity contribution in [3.8, 4) is 11.5 Å². The van der Waals surface area contributed by atoms with E-state index in [1.165, 1.54) is 0 Å². The van der Waals surface area contributed by atoms with Gasteiger partial charge in [-0.3, -0.25) is 9.59 Å². The molecule has 2 aliphatic heterocycles. The predicted octanol–water partition coefficient (Wildman–Crippen LogP) is 1.56. The van der Waals surface area contributed by atoms with Gasteiger partial charge in [-0.1, -0.05) is 0 Å². The number of ether oxygens (including phenoxy) is 2. The minimum Gasteiger partial charge on any atom is -0.497 e. The van der Waals surface area contributed by atoms with E-state index in [1.807, 2.05) is 0 Å². The number of nitrogens with zero attached hydrogens (tertiary/aromatic N) is 1. The van der Waals surface area contributed by atoms with Gasteiger partial charge in [-0.2, -0.15) is 0 Å². The fourth-order valence-corrected chi connectivity index (χ4v) is 2.89. The van der Waals surface area contributed by atoms with Crippen LogP contribution in [0.1, 0.15) is 34.8 Å². The summed E-state index contributed by atoms with van der Waals surface area (Å²) >= 11 is 0. The molecule has 100 valence electrons. The van der Waals surface area contributed by atoms with Crippen LogP contribution in [0.25, 0.3) is 0 Å². The van der Waals surface area contributed by atoms with Crippen LogP contribution >= 0.6 is 0 Å². The molecule has 1 unspecified atom stereocenters. The van der Waals surface area contributed by atoms with Gasteiger partial charge in [0.25, 0.3) is 5.91 Å². The molecule has 2 heterocycles. The van der Waals surface area contributed by atoms with E-state index in [0.29, 0.717) is 36.4 Å². The van der Waals surface area contributed by atoms with Crippen LogP contribution in [0.2, 0.25) is 0 Å². The summed E-state index contributed by atoms with van der Waals surface area (Å²) in [5.41, 5.74) is 1.41. The summed E-state index contributed by atoms with van der Waals surface area (Å²) in [5, 5.41) is 0. The number of methoxy groups -OCH3 is 2. The molecule has 19 heavy (non-hydrogen) atoms. The maximum Gasteiger partial charge on any atom is 0.255 e. The maximum atomic E-state index is 12.4. The molecule has 0 aliphatic carbocycles. The molecule has 1 amide bonds. The van der Waals surface area contributed by atoms with Crippen molar-refractivity contribution in [3.05, 3.63) is 23.3 Å². The van der Waals surface area contributed by atoms with Gasteiger partial charge >= 0.3 is 0 Å². The average Bonchev–Trinajstić information content (AvgIpc) is 2.71. The molecule has 1 fully saturated rings. The topological polar surface area (TPSA) is 55.8 Å². The van der Waals surface area contributed by atoms with E-state index in [-0.39, 0.29) is 17.7 Å². The van der Waals surface area contributed by atoms with Crippen LogP contribution in [0.3, 0.4) is 0 Å². The second-order valence-electron chi connectivity index (χ2n) is 4.80. The summed E-state index contributed by atoms with van der Waals surface area (Å²) in [6, 6.07) is 3.31. The first-order valence-corrected chi connectivity index (χ1v) is 6.24. The number of carbonyl (C=O) groups is 2. The quantitative estimate of drug-likeness (QED) is 0.810. The summed E-state index contributed by atoms with van der Waals surface area (Å²) in [6.07, 6.45) is 0.817. The van der Waals surface area contributed by atoms with E-state index in [4.69, 9.17) is 9.47 Å². The van der Waals surface area contributed by atoms with Crippen LogP contribution in [0.5, 0.6) is 11.5 Å². The molecule has 3 rings (SSSR count). The second-order valence-corrected chi connectivity index (χ2v) is 4.80. The summed E-state index contributed by atoms with van der Waals surface area (Å²) < 4.78 is 10.5. The molecular formula is C14H15NO4. The largest absolute Gasteiger partial charge is 0.497 e. The van der Waals surface area contributed by atoms with Gasteiger partial charge in [-0.15, -0.1) is 0 Å². The SMILES string of the molecule is COc1cc(OC)c2c(c1)C(=O)N1CCC(=O)CC21. The van der Waals surface area contributed by atoms with Crippen molar-refractivity contribution in [2.45, 2.75) is 18.9 Å². The molecule has 5 heteroatoms. The Kier molecular flexibility index (Phi) is 2.69. The third-order valence-electron chi connectivity index (χ3n) is 3.82. The number of fused-ring (bicyclic) bond motifs is 3. The lowest BCUT2D eigenvalue weighted by molar-refractivity contribution is -0.122. The van der Waals surface area contributed by atoms with Gasteiger partial charge in [0.1, 0.15) is 17.3 Å². The molecule has 0 saturated carbocycles. The number of benzene rings is 1. The number of rotatable bonds is 2. The van der Waals surface area contributed by atoms with E-state index in [1.54, 1.807) is 31.3 Å². The summed E-state index contributed by atoms with van der Waals surface area (Å²) in [6.45, 7) is 0.489. The second kappa shape index (κ2) is 4.26. The Balaban J connectivity index is 2.15. The fourth-order valence-electron chi connectivity index (χ4n) is 2.89. The van der Waals surface area contributed by atoms with Crippen molar-refractivity contribution >= 4 is 11.7 Å². The highest BCUT2D eigenvalue weighted by Gasteiger charge is 2.42. The molecule has 1 aromatic rings. The number of hydrogen-bond donors (Lipinski definition) is 0. The first-order valence-electron chi connectivity index (χ1n) is 6.24. The lowest BCUT2D eigenvalue weighted by Crippen LogP contribution is -2.35. The van der Waals surface area contributed by atoms with Crippen LogP contribution in [0.4, 0.5) is 0 Å². The minimum absolute atomic E-state index is 0.0373. The lowest BCUT2D eigenvalue weighted by Gasteiger charge is -2.29. The number of piperidine rings is 1. The van der Waals surface area contributed by atoms with E-state index in [2.05, 4.69) is 0 Å². The Morgan fingerprint density at radius 3 is 2.68 bits per heavy atom. The predicted molar refractivity (Wildman–Crippen MR) is 67.6 cm³/mol. The zero-order valence-corrected chi connectivity index (χ0v) is 10.9. The Labute approximate surface area is 111 Å². The van der Waals surface area contributed by atoms with Crippen LogP contribution in [0.15, 0.2) is 12.1 Å². The van der Waals surface area contributed by atoms with Crippen molar-refractivity contribution in [1.82, 2.24) is 4.90 Å². The van der Waals surface area contributed by atoms with Crippen molar-refractivity contribution < 1.29 is 19.1 Å². The zero-order valence-electron chi connectivity index (χ0n) is 10.9. The molecule has 0 bridgehead atoms.